The number of carbonyl (C=O) groups is 2. The highest BCUT2D eigenvalue weighted by Gasteiger charge is 2.23. The highest BCUT2D eigenvalue weighted by atomic mass is 35.5. The molecule has 160 valence electrons. The first-order valence-corrected chi connectivity index (χ1v) is 9.80. The van der Waals surface area contributed by atoms with Crippen LogP contribution in [0.25, 0.3) is 0 Å². The van der Waals surface area contributed by atoms with Crippen molar-refractivity contribution in [3.63, 3.8) is 0 Å². The molecule has 2 aromatic carbocycles. The van der Waals surface area contributed by atoms with Crippen LogP contribution >= 0.6 is 11.6 Å². The maximum Gasteiger partial charge on any atom is 0.255 e. The topological polar surface area (TPSA) is 85.1 Å². The zero-order valence-electron chi connectivity index (χ0n) is 16.6. The van der Waals surface area contributed by atoms with Crippen molar-refractivity contribution in [1.82, 2.24) is 9.80 Å². The van der Waals surface area contributed by atoms with Crippen LogP contribution in [0.1, 0.15) is 15.9 Å². The van der Waals surface area contributed by atoms with Crippen molar-refractivity contribution >= 4 is 23.4 Å². The van der Waals surface area contributed by atoms with E-state index in [1.54, 1.807) is 29.2 Å². The Morgan fingerprint density at radius 2 is 1.83 bits per heavy atom. The third-order valence-corrected chi connectivity index (χ3v) is 5.20. The number of primary amides is 1. The zero-order valence-corrected chi connectivity index (χ0v) is 17.3. The van der Waals surface area contributed by atoms with Gasteiger partial charge in [0.2, 0.25) is 0 Å². The molecule has 30 heavy (non-hydrogen) atoms. The van der Waals surface area contributed by atoms with Crippen LogP contribution in [-0.4, -0.2) is 61.5 Å². The highest BCUT2D eigenvalue weighted by Crippen LogP contribution is 2.29. The molecule has 2 aromatic rings. The Labute approximate surface area is 179 Å². The Morgan fingerprint density at radius 3 is 2.47 bits per heavy atom. The van der Waals surface area contributed by atoms with E-state index >= 15 is 0 Å². The van der Waals surface area contributed by atoms with Crippen LogP contribution in [0.15, 0.2) is 36.4 Å². The van der Waals surface area contributed by atoms with Crippen molar-refractivity contribution in [1.29, 1.82) is 0 Å². The Kier molecular flexibility index (Phi) is 7.12. The molecule has 7 nitrogen and oxygen atoms in total. The van der Waals surface area contributed by atoms with Gasteiger partial charge in [-0.05, 0) is 35.9 Å². The van der Waals surface area contributed by atoms with Gasteiger partial charge in [-0.15, -0.1) is 0 Å². The Morgan fingerprint density at radius 1 is 1.10 bits per heavy atom. The second-order valence-corrected chi connectivity index (χ2v) is 7.33. The minimum absolute atomic E-state index is 0.116. The quantitative estimate of drug-likeness (QED) is 0.721. The predicted molar refractivity (Wildman–Crippen MR) is 110 cm³/mol. The number of carbonyl (C=O) groups excluding carboxylic acids is 2. The van der Waals surface area contributed by atoms with Crippen LogP contribution in [0.4, 0.5) is 4.39 Å². The number of piperazine rings is 1. The molecule has 1 heterocycles. The summed E-state index contributed by atoms with van der Waals surface area (Å²) in [7, 11) is 1.46. The lowest BCUT2D eigenvalue weighted by Crippen LogP contribution is -2.48. The lowest BCUT2D eigenvalue weighted by atomic mass is 10.1. The maximum absolute atomic E-state index is 13.2. The van der Waals surface area contributed by atoms with E-state index in [0.717, 1.165) is 5.56 Å². The van der Waals surface area contributed by atoms with Gasteiger partial charge >= 0.3 is 0 Å². The van der Waals surface area contributed by atoms with Gasteiger partial charge in [0.15, 0.2) is 18.1 Å². The zero-order chi connectivity index (χ0) is 21.7. The third-order valence-electron chi connectivity index (χ3n) is 4.85. The number of nitrogens with two attached hydrogens (primary N) is 1. The Balaban J connectivity index is 1.60. The van der Waals surface area contributed by atoms with Crippen molar-refractivity contribution in [2.75, 3.05) is 39.9 Å². The van der Waals surface area contributed by atoms with Crippen LogP contribution < -0.4 is 15.2 Å². The number of halogens is 2. The fourth-order valence-corrected chi connectivity index (χ4v) is 3.48. The van der Waals surface area contributed by atoms with Gasteiger partial charge in [-0.3, -0.25) is 14.5 Å². The summed E-state index contributed by atoms with van der Waals surface area (Å²) in [5, 5.41) is 0.402. The number of benzene rings is 2. The second-order valence-electron chi connectivity index (χ2n) is 6.92. The van der Waals surface area contributed by atoms with Gasteiger partial charge in [-0.1, -0.05) is 17.7 Å². The number of nitrogens with zero attached hydrogens (tertiary/aromatic N) is 2. The Hall–Kier alpha value is -2.84. The van der Waals surface area contributed by atoms with Gasteiger partial charge in [0.05, 0.1) is 7.11 Å². The van der Waals surface area contributed by atoms with Crippen LogP contribution in [0.2, 0.25) is 5.02 Å². The molecule has 9 heteroatoms. The molecule has 0 aliphatic carbocycles. The molecule has 0 atom stereocenters. The SMILES string of the molecule is COc1cc(C(=O)N2CCN(Cc3ccc(F)cc3Cl)CC2)ccc1OCC(N)=O. The molecule has 0 aromatic heterocycles. The number of rotatable bonds is 7. The molecule has 1 aliphatic heterocycles. The molecule has 0 spiro atoms. The molecule has 2 N–H and O–H groups in total. The first kappa shape index (κ1) is 21.9. The molecule has 0 unspecified atom stereocenters. The Bertz CT molecular complexity index is 932. The van der Waals surface area contributed by atoms with Crippen molar-refractivity contribution < 1.29 is 23.5 Å². The molecule has 0 radical (unpaired) electrons. The van der Waals surface area contributed by atoms with E-state index in [2.05, 4.69) is 4.90 Å². The number of ether oxygens (including phenoxy) is 2. The molecule has 1 fully saturated rings. The van der Waals surface area contributed by atoms with E-state index in [-0.39, 0.29) is 18.3 Å². The van der Waals surface area contributed by atoms with Gasteiger partial charge in [0.25, 0.3) is 11.8 Å². The molecule has 0 saturated carbocycles. The molecule has 1 saturated heterocycles. The number of hydrogen-bond donors (Lipinski definition) is 1. The summed E-state index contributed by atoms with van der Waals surface area (Å²) in [6.07, 6.45) is 0. The lowest BCUT2D eigenvalue weighted by molar-refractivity contribution is -0.119. The van der Waals surface area contributed by atoms with Crippen LogP contribution in [0.5, 0.6) is 11.5 Å². The maximum atomic E-state index is 13.2. The molecular weight excluding hydrogens is 413 g/mol. The third kappa shape index (κ3) is 5.40. The molecular formula is C21H23ClFN3O4. The van der Waals surface area contributed by atoms with Gasteiger partial charge in [-0.25, -0.2) is 4.39 Å². The normalized spacial score (nSPS) is 14.4. The van der Waals surface area contributed by atoms with E-state index in [1.165, 1.54) is 19.2 Å². The summed E-state index contributed by atoms with van der Waals surface area (Å²) in [4.78, 5) is 27.7. The lowest BCUT2D eigenvalue weighted by Gasteiger charge is -2.35. The largest absolute Gasteiger partial charge is 0.493 e. The first-order valence-electron chi connectivity index (χ1n) is 9.42. The van der Waals surface area contributed by atoms with Crippen molar-refractivity contribution in [3.8, 4) is 11.5 Å². The van der Waals surface area contributed by atoms with E-state index in [0.29, 0.717) is 54.8 Å². The van der Waals surface area contributed by atoms with E-state index in [9.17, 15) is 14.0 Å². The molecule has 2 amide bonds. The number of hydrogen-bond acceptors (Lipinski definition) is 5. The first-order chi connectivity index (χ1) is 14.4. The number of amides is 2. The molecule has 3 rings (SSSR count). The fraction of sp³-hybridized carbons (Fsp3) is 0.333. The smallest absolute Gasteiger partial charge is 0.255 e. The monoisotopic (exact) mass is 435 g/mol. The van der Waals surface area contributed by atoms with Gasteiger partial charge < -0.3 is 20.1 Å². The van der Waals surface area contributed by atoms with E-state index in [1.807, 2.05) is 0 Å². The second kappa shape index (κ2) is 9.77. The van der Waals surface area contributed by atoms with Crippen molar-refractivity contribution in [2.45, 2.75) is 6.54 Å². The van der Waals surface area contributed by atoms with Gasteiger partial charge in [0, 0.05) is 43.3 Å². The predicted octanol–water partition coefficient (Wildman–Crippen LogP) is 2.31. The summed E-state index contributed by atoms with van der Waals surface area (Å²) >= 11 is 6.11. The van der Waals surface area contributed by atoms with Crippen LogP contribution in [0.3, 0.4) is 0 Å². The average molecular weight is 436 g/mol. The average Bonchev–Trinajstić information content (AvgIpc) is 2.74. The minimum Gasteiger partial charge on any atom is -0.493 e. The molecule has 1 aliphatic rings. The van der Waals surface area contributed by atoms with E-state index < -0.39 is 5.91 Å². The van der Waals surface area contributed by atoms with Gasteiger partial charge in [-0.2, -0.15) is 0 Å². The van der Waals surface area contributed by atoms with Gasteiger partial charge in [0.1, 0.15) is 5.82 Å². The summed E-state index contributed by atoms with van der Waals surface area (Å²) in [6.45, 7) is 2.79. The summed E-state index contributed by atoms with van der Waals surface area (Å²) in [5.41, 5.74) is 6.41. The number of methoxy groups -OCH3 is 1. The van der Waals surface area contributed by atoms with Crippen LogP contribution in [0, 0.1) is 5.82 Å². The van der Waals surface area contributed by atoms with Crippen molar-refractivity contribution in [3.05, 3.63) is 58.4 Å². The summed E-state index contributed by atoms with van der Waals surface area (Å²) in [6, 6.07) is 9.19. The summed E-state index contributed by atoms with van der Waals surface area (Å²) < 4.78 is 23.8. The summed E-state index contributed by atoms with van der Waals surface area (Å²) in [5.74, 6) is -0.382. The minimum atomic E-state index is -0.600. The van der Waals surface area contributed by atoms with Crippen LogP contribution in [-0.2, 0) is 11.3 Å². The van der Waals surface area contributed by atoms with E-state index in [4.69, 9.17) is 26.8 Å². The highest BCUT2D eigenvalue weighted by molar-refractivity contribution is 6.31. The fourth-order valence-electron chi connectivity index (χ4n) is 3.25. The standard InChI is InChI=1S/C21H23ClFN3O4/c1-29-19-10-14(3-5-18(19)30-13-20(24)27)21(28)26-8-6-25(7-9-26)12-15-2-4-16(23)11-17(15)22/h2-5,10-11H,6-9,12-13H2,1H3,(H2,24,27). The van der Waals surface area contributed by atoms with Crippen molar-refractivity contribution in [2.24, 2.45) is 5.73 Å². The molecule has 0 bridgehead atoms.